The second kappa shape index (κ2) is 5.17. The number of aromatic nitrogens is 4. The first-order chi connectivity index (χ1) is 11.2. The molecule has 6 heteroatoms. The van der Waals surface area contributed by atoms with Gasteiger partial charge in [0.25, 0.3) is 0 Å². The molecule has 0 fully saturated rings. The highest BCUT2D eigenvalue weighted by atomic mass is 19.1. The summed E-state index contributed by atoms with van der Waals surface area (Å²) in [6, 6.07) is 12.8. The Labute approximate surface area is 131 Å². The van der Waals surface area contributed by atoms with E-state index in [4.69, 9.17) is 5.73 Å². The fraction of sp³-hybridized carbons (Fsp3) is 0. The highest BCUT2D eigenvalue weighted by molar-refractivity contribution is 5.92. The molecular formula is C17H12FN5. The molecule has 4 aromatic rings. The minimum Gasteiger partial charge on any atom is -0.384 e. The number of nitrogens with two attached hydrogens (primary N) is 1. The van der Waals surface area contributed by atoms with E-state index in [1.165, 1.54) is 6.07 Å². The van der Waals surface area contributed by atoms with Crippen LogP contribution in [-0.2, 0) is 0 Å². The van der Waals surface area contributed by atoms with Gasteiger partial charge >= 0.3 is 0 Å². The maximum Gasteiger partial charge on any atom is 0.164 e. The Morgan fingerprint density at radius 1 is 1.04 bits per heavy atom. The van der Waals surface area contributed by atoms with Gasteiger partial charge in [-0.25, -0.2) is 19.3 Å². The summed E-state index contributed by atoms with van der Waals surface area (Å²) in [5.74, 6) is 0.376. The second-order valence-electron chi connectivity index (χ2n) is 5.12. The van der Waals surface area contributed by atoms with Gasteiger partial charge in [0.1, 0.15) is 17.3 Å². The number of benzene rings is 1. The number of hydrogen-bond donors (Lipinski definition) is 2. The number of anilines is 1. The molecule has 0 aliphatic heterocycles. The van der Waals surface area contributed by atoms with E-state index in [9.17, 15) is 4.39 Å². The van der Waals surface area contributed by atoms with Crippen molar-refractivity contribution >= 4 is 16.9 Å². The normalized spacial score (nSPS) is 11.0. The molecule has 1 aromatic carbocycles. The van der Waals surface area contributed by atoms with Crippen LogP contribution < -0.4 is 5.73 Å². The number of rotatable bonds is 2. The number of pyridine rings is 1. The van der Waals surface area contributed by atoms with Gasteiger partial charge in [0.15, 0.2) is 5.82 Å². The van der Waals surface area contributed by atoms with Crippen LogP contribution in [0.1, 0.15) is 0 Å². The van der Waals surface area contributed by atoms with Crippen LogP contribution in [0, 0.1) is 5.82 Å². The zero-order chi connectivity index (χ0) is 15.8. The van der Waals surface area contributed by atoms with Gasteiger partial charge in [-0.3, -0.25) is 0 Å². The van der Waals surface area contributed by atoms with E-state index in [1.807, 2.05) is 30.3 Å². The summed E-state index contributed by atoms with van der Waals surface area (Å²) in [6.07, 6.45) is 2.87. The largest absolute Gasteiger partial charge is 0.384 e. The van der Waals surface area contributed by atoms with Crippen LogP contribution in [0.5, 0.6) is 0 Å². The number of nitrogens with one attached hydrogen (secondary N) is 1. The van der Waals surface area contributed by atoms with Gasteiger partial charge in [-0.2, -0.15) is 0 Å². The highest BCUT2D eigenvalue weighted by Crippen LogP contribution is 2.28. The first-order valence-electron chi connectivity index (χ1n) is 7.04. The fourth-order valence-electron chi connectivity index (χ4n) is 2.51. The van der Waals surface area contributed by atoms with Crippen molar-refractivity contribution in [1.29, 1.82) is 0 Å². The van der Waals surface area contributed by atoms with Crippen molar-refractivity contribution in [3.8, 4) is 22.6 Å². The van der Waals surface area contributed by atoms with Gasteiger partial charge in [-0.1, -0.05) is 30.3 Å². The summed E-state index contributed by atoms with van der Waals surface area (Å²) >= 11 is 0. The summed E-state index contributed by atoms with van der Waals surface area (Å²) in [4.78, 5) is 15.8. The molecule has 0 radical (unpaired) electrons. The lowest BCUT2D eigenvalue weighted by molar-refractivity contribution is 0.624. The standard InChI is InChI=1S/C17H12FN5/c18-11-6-12-13(9-21-16(12)20-8-11)17-22-14(7-15(19)23-17)10-4-2-1-3-5-10/h1-9H,(H,20,21)(H2,19,22,23). The molecule has 3 aromatic heterocycles. The maximum absolute atomic E-state index is 13.5. The van der Waals surface area contributed by atoms with Crippen LogP contribution in [0.3, 0.4) is 0 Å². The number of nitrogen functional groups attached to an aromatic ring is 1. The van der Waals surface area contributed by atoms with Crippen LogP contribution in [0.2, 0.25) is 0 Å². The molecule has 0 aliphatic rings. The van der Waals surface area contributed by atoms with E-state index < -0.39 is 5.82 Å². The zero-order valence-corrected chi connectivity index (χ0v) is 12.0. The number of fused-ring (bicyclic) bond motifs is 1. The van der Waals surface area contributed by atoms with Crippen LogP contribution in [0.15, 0.2) is 54.9 Å². The lowest BCUT2D eigenvalue weighted by atomic mass is 10.1. The summed E-state index contributed by atoms with van der Waals surface area (Å²) in [5.41, 5.74) is 8.82. The number of nitrogens with zero attached hydrogens (tertiary/aromatic N) is 3. The first-order valence-corrected chi connectivity index (χ1v) is 7.04. The Balaban J connectivity index is 1.91. The smallest absolute Gasteiger partial charge is 0.164 e. The molecule has 112 valence electrons. The number of halogens is 1. The molecular weight excluding hydrogens is 293 g/mol. The second-order valence-corrected chi connectivity index (χ2v) is 5.12. The topological polar surface area (TPSA) is 80.5 Å². The monoisotopic (exact) mass is 305 g/mol. The van der Waals surface area contributed by atoms with Gasteiger partial charge in [0.2, 0.25) is 0 Å². The van der Waals surface area contributed by atoms with Crippen LogP contribution >= 0.6 is 0 Å². The third kappa shape index (κ3) is 2.40. The number of aromatic amines is 1. The summed E-state index contributed by atoms with van der Waals surface area (Å²) in [5, 5.41) is 0.620. The molecule has 4 rings (SSSR count). The molecule has 0 bridgehead atoms. The molecule has 0 unspecified atom stereocenters. The van der Waals surface area contributed by atoms with E-state index in [0.29, 0.717) is 33.9 Å². The average molecular weight is 305 g/mol. The van der Waals surface area contributed by atoms with Crippen molar-refractivity contribution in [3.05, 3.63) is 60.7 Å². The molecule has 3 heterocycles. The molecule has 0 saturated carbocycles. The van der Waals surface area contributed by atoms with E-state index in [2.05, 4.69) is 19.9 Å². The summed E-state index contributed by atoms with van der Waals surface area (Å²) in [6.45, 7) is 0. The van der Waals surface area contributed by atoms with E-state index in [-0.39, 0.29) is 0 Å². The maximum atomic E-state index is 13.5. The van der Waals surface area contributed by atoms with Crippen molar-refractivity contribution in [2.45, 2.75) is 0 Å². The van der Waals surface area contributed by atoms with Gasteiger partial charge < -0.3 is 10.7 Å². The lowest BCUT2D eigenvalue weighted by Gasteiger charge is -2.05. The third-order valence-electron chi connectivity index (χ3n) is 3.55. The Morgan fingerprint density at radius 3 is 2.70 bits per heavy atom. The van der Waals surface area contributed by atoms with Gasteiger partial charge in [-0.05, 0) is 6.07 Å². The average Bonchev–Trinajstić information content (AvgIpc) is 2.98. The minimum absolute atomic E-state index is 0.354. The van der Waals surface area contributed by atoms with E-state index >= 15 is 0 Å². The quantitative estimate of drug-likeness (QED) is 0.594. The van der Waals surface area contributed by atoms with Crippen molar-refractivity contribution in [2.24, 2.45) is 0 Å². The number of H-pyrrole nitrogens is 1. The molecule has 0 spiro atoms. The Morgan fingerprint density at radius 2 is 1.87 bits per heavy atom. The summed E-state index contributed by atoms with van der Waals surface area (Å²) in [7, 11) is 0. The molecule has 5 nitrogen and oxygen atoms in total. The molecule has 3 N–H and O–H groups in total. The van der Waals surface area contributed by atoms with Crippen LogP contribution in [-0.4, -0.2) is 19.9 Å². The van der Waals surface area contributed by atoms with E-state index in [1.54, 1.807) is 12.3 Å². The predicted molar refractivity (Wildman–Crippen MR) is 86.9 cm³/mol. The van der Waals surface area contributed by atoms with Crippen LogP contribution in [0.25, 0.3) is 33.7 Å². The third-order valence-corrected chi connectivity index (χ3v) is 3.55. The van der Waals surface area contributed by atoms with Crippen molar-refractivity contribution in [3.63, 3.8) is 0 Å². The fourth-order valence-corrected chi connectivity index (χ4v) is 2.51. The minimum atomic E-state index is -0.412. The van der Waals surface area contributed by atoms with Crippen molar-refractivity contribution in [1.82, 2.24) is 19.9 Å². The predicted octanol–water partition coefficient (Wildman–Crippen LogP) is 3.41. The lowest BCUT2D eigenvalue weighted by Crippen LogP contribution is -1.97. The van der Waals surface area contributed by atoms with Crippen molar-refractivity contribution in [2.75, 3.05) is 5.73 Å². The Kier molecular flexibility index (Phi) is 3.01. The first kappa shape index (κ1) is 13.4. The highest BCUT2D eigenvalue weighted by Gasteiger charge is 2.13. The molecule has 23 heavy (non-hydrogen) atoms. The zero-order valence-electron chi connectivity index (χ0n) is 12.0. The Bertz CT molecular complexity index is 994. The van der Waals surface area contributed by atoms with Gasteiger partial charge in [0, 0.05) is 28.8 Å². The van der Waals surface area contributed by atoms with Crippen LogP contribution in [0.4, 0.5) is 10.2 Å². The summed E-state index contributed by atoms with van der Waals surface area (Å²) < 4.78 is 13.5. The molecule has 0 saturated heterocycles. The van der Waals surface area contributed by atoms with Gasteiger partial charge in [0.05, 0.1) is 11.9 Å². The van der Waals surface area contributed by atoms with Gasteiger partial charge in [-0.15, -0.1) is 0 Å². The molecule has 0 aliphatic carbocycles. The molecule has 0 atom stereocenters. The molecule has 0 amide bonds. The van der Waals surface area contributed by atoms with E-state index in [0.717, 1.165) is 11.8 Å². The Hall–Kier alpha value is -3.28. The van der Waals surface area contributed by atoms with Crippen molar-refractivity contribution < 1.29 is 4.39 Å². The number of hydrogen-bond acceptors (Lipinski definition) is 4. The SMILES string of the molecule is Nc1cc(-c2ccccc2)nc(-c2c[nH]c3ncc(F)cc23)n1.